The van der Waals surface area contributed by atoms with E-state index in [1.54, 1.807) is 13.8 Å². The van der Waals surface area contributed by atoms with Gasteiger partial charge in [-0.1, -0.05) is 32.9 Å². The van der Waals surface area contributed by atoms with Crippen LogP contribution in [-0.4, -0.2) is 23.9 Å². The number of anilines is 1. The molecule has 0 heterocycles. The van der Waals surface area contributed by atoms with Crippen molar-refractivity contribution in [2.75, 3.05) is 11.9 Å². The maximum atomic E-state index is 11.5. The highest BCUT2D eigenvalue weighted by Crippen LogP contribution is 2.19. The summed E-state index contributed by atoms with van der Waals surface area (Å²) < 4.78 is 0. The Labute approximate surface area is 158 Å². The van der Waals surface area contributed by atoms with Crippen molar-refractivity contribution >= 4 is 23.0 Å². The lowest BCUT2D eigenvalue weighted by atomic mass is 10.0. The van der Waals surface area contributed by atoms with Gasteiger partial charge >= 0.3 is 0 Å². The summed E-state index contributed by atoms with van der Waals surface area (Å²) >= 11 is 0. The van der Waals surface area contributed by atoms with Gasteiger partial charge in [0, 0.05) is 37.9 Å². The Morgan fingerprint density at radius 2 is 1.58 bits per heavy atom. The largest absolute Gasteiger partial charge is 0.384 e. The minimum atomic E-state index is 0.227. The van der Waals surface area contributed by atoms with Crippen LogP contribution in [-0.2, 0) is 27.2 Å². The zero-order valence-corrected chi connectivity index (χ0v) is 17.1. The molecule has 0 aliphatic rings. The Hall–Kier alpha value is -1.97. The van der Waals surface area contributed by atoms with Gasteiger partial charge in [0.05, 0.1) is 0 Å². The highest BCUT2D eigenvalue weighted by atomic mass is 16.1. The van der Waals surface area contributed by atoms with E-state index < -0.39 is 0 Å². The number of carbonyl (C=O) groups is 3. The maximum Gasteiger partial charge on any atom is 0.134 e. The van der Waals surface area contributed by atoms with Gasteiger partial charge in [0.1, 0.15) is 17.3 Å². The van der Waals surface area contributed by atoms with Gasteiger partial charge in [-0.3, -0.25) is 4.79 Å². The molecule has 0 unspecified atom stereocenters. The molecule has 1 N–H and O–H groups in total. The molecule has 0 aliphatic heterocycles. The van der Waals surface area contributed by atoms with Crippen LogP contribution < -0.4 is 5.32 Å². The first-order chi connectivity index (χ1) is 12.3. The first-order valence-corrected chi connectivity index (χ1v) is 9.70. The van der Waals surface area contributed by atoms with Crippen molar-refractivity contribution in [1.29, 1.82) is 0 Å². The van der Waals surface area contributed by atoms with Crippen molar-refractivity contribution in [3.63, 3.8) is 0 Å². The van der Waals surface area contributed by atoms with Crippen molar-refractivity contribution in [2.45, 2.75) is 79.6 Å². The Bertz CT molecular complexity index is 579. The molecule has 0 saturated heterocycles. The van der Waals surface area contributed by atoms with Crippen LogP contribution in [0.2, 0.25) is 0 Å². The molecular weight excluding hydrogens is 326 g/mol. The number of aryl methyl sites for hydroxylation is 2. The van der Waals surface area contributed by atoms with Crippen molar-refractivity contribution in [1.82, 2.24) is 0 Å². The van der Waals surface area contributed by atoms with Crippen LogP contribution in [0.1, 0.15) is 77.8 Å². The minimum absolute atomic E-state index is 0.227. The molecule has 0 atom stereocenters. The molecule has 1 rings (SSSR count). The van der Waals surface area contributed by atoms with Crippen molar-refractivity contribution in [3.05, 3.63) is 29.3 Å². The van der Waals surface area contributed by atoms with E-state index in [1.165, 1.54) is 11.1 Å². The summed E-state index contributed by atoms with van der Waals surface area (Å²) in [7, 11) is 0. The lowest BCUT2D eigenvalue weighted by Crippen LogP contribution is -2.09. The SMILES string of the molecule is CCC(C)=O.CCCC(=O)CCNc1ccc(CCC(C)=O)cc1CC. The van der Waals surface area contributed by atoms with E-state index in [1.807, 2.05) is 13.8 Å². The number of rotatable bonds is 11. The second-order valence-electron chi connectivity index (χ2n) is 6.57. The lowest BCUT2D eigenvalue weighted by Gasteiger charge is -2.12. The number of nitrogens with one attached hydrogen (secondary N) is 1. The Morgan fingerprint density at radius 1 is 0.923 bits per heavy atom. The second kappa shape index (κ2) is 14.2. The summed E-state index contributed by atoms with van der Waals surface area (Å²) in [4.78, 5) is 32.4. The van der Waals surface area contributed by atoms with E-state index in [0.29, 0.717) is 38.0 Å². The fourth-order valence-electron chi connectivity index (χ4n) is 2.33. The highest BCUT2D eigenvalue weighted by Gasteiger charge is 2.05. The third-order valence-corrected chi connectivity index (χ3v) is 4.06. The fraction of sp³-hybridized carbons (Fsp3) is 0.591. The summed E-state index contributed by atoms with van der Waals surface area (Å²) in [6.45, 7) is 9.91. The van der Waals surface area contributed by atoms with Gasteiger partial charge < -0.3 is 14.9 Å². The van der Waals surface area contributed by atoms with Gasteiger partial charge in [0.25, 0.3) is 0 Å². The average Bonchev–Trinajstić information content (AvgIpc) is 2.61. The molecule has 0 aromatic heterocycles. The topological polar surface area (TPSA) is 63.2 Å². The summed E-state index contributed by atoms with van der Waals surface area (Å²) in [5.74, 6) is 0.802. The predicted octanol–water partition coefficient (Wildman–Crippen LogP) is 4.93. The van der Waals surface area contributed by atoms with Crippen LogP contribution in [0.4, 0.5) is 5.69 Å². The van der Waals surface area contributed by atoms with E-state index in [9.17, 15) is 14.4 Å². The number of benzene rings is 1. The molecule has 0 spiro atoms. The summed E-state index contributed by atoms with van der Waals surface area (Å²) in [6.07, 6.45) is 5.19. The Morgan fingerprint density at radius 3 is 2.08 bits per heavy atom. The summed E-state index contributed by atoms with van der Waals surface area (Å²) in [5, 5.41) is 3.36. The van der Waals surface area contributed by atoms with Crippen LogP contribution in [0, 0.1) is 0 Å². The molecule has 0 amide bonds. The van der Waals surface area contributed by atoms with E-state index in [4.69, 9.17) is 0 Å². The van der Waals surface area contributed by atoms with Crippen LogP contribution in [0.3, 0.4) is 0 Å². The molecule has 0 saturated carbocycles. The molecule has 0 bridgehead atoms. The van der Waals surface area contributed by atoms with Crippen LogP contribution in [0.15, 0.2) is 18.2 Å². The number of hydrogen-bond donors (Lipinski definition) is 1. The van der Waals surface area contributed by atoms with Gasteiger partial charge in [-0.2, -0.15) is 0 Å². The van der Waals surface area contributed by atoms with E-state index in [0.717, 1.165) is 24.9 Å². The van der Waals surface area contributed by atoms with Crippen molar-refractivity contribution in [2.24, 2.45) is 0 Å². The van der Waals surface area contributed by atoms with Crippen molar-refractivity contribution < 1.29 is 14.4 Å². The molecule has 4 heteroatoms. The zero-order valence-electron chi connectivity index (χ0n) is 17.1. The molecule has 0 aliphatic carbocycles. The van der Waals surface area contributed by atoms with Gasteiger partial charge in [-0.05, 0) is 50.3 Å². The summed E-state index contributed by atoms with van der Waals surface area (Å²) in [5.41, 5.74) is 3.56. The first kappa shape index (κ1) is 24.0. The van der Waals surface area contributed by atoms with Crippen LogP contribution in [0.25, 0.3) is 0 Å². The quantitative estimate of drug-likeness (QED) is 0.607. The van der Waals surface area contributed by atoms with Crippen LogP contribution in [0.5, 0.6) is 0 Å². The molecule has 1 aromatic carbocycles. The van der Waals surface area contributed by atoms with Gasteiger partial charge in [-0.15, -0.1) is 0 Å². The standard InChI is InChI=1S/C18H27NO2.C4H8O/c1-4-6-17(21)11-12-19-18-10-9-15(8-7-14(3)20)13-16(18)5-2;1-3-4(2)5/h9-10,13,19H,4-8,11-12H2,1-3H3;3H2,1-2H3. The Kier molecular flexibility index (Phi) is 13.1. The molecule has 1 aromatic rings. The van der Waals surface area contributed by atoms with Crippen molar-refractivity contribution in [3.8, 4) is 0 Å². The average molecular weight is 362 g/mol. The minimum Gasteiger partial charge on any atom is -0.384 e. The van der Waals surface area contributed by atoms with E-state index in [2.05, 4.69) is 30.4 Å². The first-order valence-electron chi connectivity index (χ1n) is 9.70. The fourth-order valence-corrected chi connectivity index (χ4v) is 2.33. The molecule has 0 fully saturated rings. The highest BCUT2D eigenvalue weighted by molar-refractivity contribution is 5.79. The van der Waals surface area contributed by atoms with Gasteiger partial charge in [0.15, 0.2) is 0 Å². The third kappa shape index (κ3) is 11.6. The molecule has 0 radical (unpaired) electrons. The molecule has 146 valence electrons. The van der Waals surface area contributed by atoms with Gasteiger partial charge in [0.2, 0.25) is 0 Å². The molecular formula is C22H35NO3. The smallest absolute Gasteiger partial charge is 0.134 e. The van der Waals surface area contributed by atoms with E-state index >= 15 is 0 Å². The zero-order chi connectivity index (χ0) is 19.9. The number of Topliss-reactive ketones (excluding diaryl/α,β-unsaturated/α-hetero) is 3. The third-order valence-electron chi connectivity index (χ3n) is 4.06. The van der Waals surface area contributed by atoms with Gasteiger partial charge in [-0.25, -0.2) is 0 Å². The number of hydrogen-bond acceptors (Lipinski definition) is 4. The number of ketones is 3. The lowest BCUT2D eigenvalue weighted by molar-refractivity contribution is -0.119. The van der Waals surface area contributed by atoms with Crippen LogP contribution >= 0.6 is 0 Å². The normalized spacial score (nSPS) is 9.88. The Balaban J connectivity index is 0.00000110. The molecule has 4 nitrogen and oxygen atoms in total. The monoisotopic (exact) mass is 361 g/mol. The maximum absolute atomic E-state index is 11.5. The molecule has 26 heavy (non-hydrogen) atoms. The summed E-state index contributed by atoms with van der Waals surface area (Å²) in [6, 6.07) is 6.30. The van der Waals surface area contributed by atoms with E-state index in [-0.39, 0.29) is 11.6 Å². The number of carbonyl (C=O) groups excluding carboxylic acids is 3. The second-order valence-corrected chi connectivity index (χ2v) is 6.57. The predicted molar refractivity (Wildman–Crippen MR) is 109 cm³/mol.